The molecule has 1 aliphatic rings. The number of carbonyl (C=O) groups is 2. The van der Waals surface area contributed by atoms with Gasteiger partial charge in [-0.15, -0.1) is 0 Å². The minimum atomic E-state index is -1.90. The van der Waals surface area contributed by atoms with E-state index in [2.05, 4.69) is 0 Å². The monoisotopic (exact) mass is 309 g/mol. The first kappa shape index (κ1) is 16.3. The average molecular weight is 309 g/mol. The molecule has 0 aromatic heterocycles. The molecule has 1 unspecified atom stereocenters. The number of carboxylic acid groups (broad SMARTS) is 1. The summed E-state index contributed by atoms with van der Waals surface area (Å²) < 4.78 is 10.3. The van der Waals surface area contributed by atoms with E-state index in [1.54, 1.807) is 19.2 Å². The molecule has 7 nitrogen and oxygen atoms in total. The first-order chi connectivity index (χ1) is 10.4. The summed E-state index contributed by atoms with van der Waals surface area (Å²) in [6.07, 6.45) is -1.90. The van der Waals surface area contributed by atoms with Gasteiger partial charge < -0.3 is 24.6 Å². The first-order valence-corrected chi connectivity index (χ1v) is 6.85. The summed E-state index contributed by atoms with van der Waals surface area (Å²) >= 11 is 0. The molecule has 2 N–H and O–H groups in total. The predicted molar refractivity (Wildman–Crippen MR) is 76.4 cm³/mol. The number of benzene rings is 1. The van der Waals surface area contributed by atoms with Gasteiger partial charge in [-0.1, -0.05) is 12.1 Å². The van der Waals surface area contributed by atoms with Crippen molar-refractivity contribution in [3.05, 3.63) is 29.8 Å². The third-order valence-corrected chi connectivity index (χ3v) is 3.76. The van der Waals surface area contributed by atoms with Crippen molar-refractivity contribution in [3.63, 3.8) is 0 Å². The van der Waals surface area contributed by atoms with E-state index in [9.17, 15) is 14.7 Å². The number of hydrogen-bond acceptors (Lipinski definition) is 5. The fourth-order valence-electron chi connectivity index (χ4n) is 2.38. The molecule has 0 radical (unpaired) electrons. The van der Waals surface area contributed by atoms with Crippen LogP contribution in [-0.4, -0.2) is 59.0 Å². The quantitative estimate of drug-likeness (QED) is 0.810. The number of aliphatic hydroxyl groups is 1. The zero-order valence-corrected chi connectivity index (χ0v) is 12.5. The van der Waals surface area contributed by atoms with E-state index in [1.165, 1.54) is 11.8 Å². The Kier molecular flexibility index (Phi) is 4.68. The van der Waals surface area contributed by atoms with Crippen LogP contribution in [0.5, 0.6) is 5.75 Å². The molecule has 22 heavy (non-hydrogen) atoms. The average Bonchev–Trinajstić information content (AvgIpc) is 2.51. The Labute approximate surface area is 128 Å². The van der Waals surface area contributed by atoms with Gasteiger partial charge in [-0.05, 0) is 24.6 Å². The van der Waals surface area contributed by atoms with E-state index >= 15 is 0 Å². The molecule has 1 aromatic carbocycles. The fourth-order valence-corrected chi connectivity index (χ4v) is 2.38. The van der Waals surface area contributed by atoms with Crippen molar-refractivity contribution in [3.8, 4) is 5.75 Å². The largest absolute Gasteiger partial charge is 0.497 e. The molecule has 0 bridgehead atoms. The number of rotatable bonds is 5. The van der Waals surface area contributed by atoms with Gasteiger partial charge in [0.2, 0.25) is 0 Å². The van der Waals surface area contributed by atoms with Gasteiger partial charge in [-0.2, -0.15) is 0 Å². The normalized spacial score (nSPS) is 23.2. The number of carboxylic acids is 1. The van der Waals surface area contributed by atoms with Crippen LogP contribution in [0.15, 0.2) is 24.3 Å². The Morgan fingerprint density at radius 2 is 2.09 bits per heavy atom. The van der Waals surface area contributed by atoms with Gasteiger partial charge in [0.15, 0.2) is 11.7 Å². The number of nitrogens with zero attached hydrogens (tertiary/aromatic N) is 1. The zero-order valence-electron chi connectivity index (χ0n) is 12.5. The summed E-state index contributed by atoms with van der Waals surface area (Å²) in [5.74, 6) is -1.31. The van der Waals surface area contributed by atoms with Gasteiger partial charge in [0.25, 0.3) is 5.91 Å². The number of methoxy groups -OCH3 is 1. The highest BCUT2D eigenvalue weighted by Gasteiger charge is 2.50. The Morgan fingerprint density at radius 3 is 2.64 bits per heavy atom. The lowest BCUT2D eigenvalue weighted by atomic mass is 9.95. The molecule has 0 spiro atoms. The molecule has 120 valence electrons. The molecule has 0 aliphatic carbocycles. The Hall–Kier alpha value is -2.12. The Bertz CT molecular complexity index is 558. The zero-order chi connectivity index (χ0) is 16.3. The number of aliphatic carboxylic acids is 1. The van der Waals surface area contributed by atoms with Gasteiger partial charge in [0, 0.05) is 13.1 Å². The SMILES string of the molecule is COc1ccc(CN2CCO[C@](C)(C(O)C(=O)O)C2=O)cc1. The maximum Gasteiger partial charge on any atom is 0.336 e. The van der Waals surface area contributed by atoms with Gasteiger partial charge in [0.1, 0.15) is 5.75 Å². The van der Waals surface area contributed by atoms with Crippen molar-refractivity contribution in [2.75, 3.05) is 20.3 Å². The molecule has 7 heteroatoms. The van der Waals surface area contributed by atoms with E-state index in [-0.39, 0.29) is 6.61 Å². The van der Waals surface area contributed by atoms with Gasteiger partial charge in [0.05, 0.1) is 13.7 Å². The number of amides is 1. The van der Waals surface area contributed by atoms with Crippen LogP contribution in [-0.2, 0) is 20.9 Å². The maximum absolute atomic E-state index is 12.5. The first-order valence-electron chi connectivity index (χ1n) is 6.85. The second-order valence-corrected chi connectivity index (χ2v) is 5.27. The van der Waals surface area contributed by atoms with Crippen LogP contribution in [0.2, 0.25) is 0 Å². The standard InChI is InChI=1S/C15H19NO6/c1-15(12(17)13(18)19)14(20)16(7-8-22-15)9-10-3-5-11(21-2)6-4-10/h3-6,12,17H,7-9H2,1-2H3,(H,18,19)/t12?,15-/m1/s1. The van der Waals surface area contributed by atoms with Crippen LogP contribution >= 0.6 is 0 Å². The number of aliphatic hydroxyl groups excluding tert-OH is 1. The van der Waals surface area contributed by atoms with Crippen molar-refractivity contribution < 1.29 is 29.3 Å². The summed E-state index contributed by atoms with van der Waals surface area (Å²) in [4.78, 5) is 24.9. The summed E-state index contributed by atoms with van der Waals surface area (Å²) in [7, 11) is 1.57. The Balaban J connectivity index is 2.14. The summed E-state index contributed by atoms with van der Waals surface area (Å²) in [5.41, 5.74) is -0.889. The molecular formula is C15H19NO6. The summed E-state index contributed by atoms with van der Waals surface area (Å²) in [5, 5.41) is 18.7. The van der Waals surface area contributed by atoms with E-state index in [4.69, 9.17) is 14.6 Å². The second-order valence-electron chi connectivity index (χ2n) is 5.27. The number of morpholine rings is 1. The third kappa shape index (κ3) is 3.05. The van der Waals surface area contributed by atoms with Crippen LogP contribution in [0.3, 0.4) is 0 Å². The summed E-state index contributed by atoms with van der Waals surface area (Å²) in [6.45, 7) is 2.12. The van der Waals surface area contributed by atoms with Crippen LogP contribution in [0, 0.1) is 0 Å². The van der Waals surface area contributed by atoms with E-state index < -0.39 is 23.6 Å². The van der Waals surface area contributed by atoms with Crippen molar-refractivity contribution >= 4 is 11.9 Å². The highest BCUT2D eigenvalue weighted by Crippen LogP contribution is 2.25. The molecule has 2 atom stereocenters. The van der Waals surface area contributed by atoms with E-state index in [0.717, 1.165) is 5.56 Å². The van der Waals surface area contributed by atoms with Gasteiger partial charge in [-0.25, -0.2) is 4.79 Å². The lowest BCUT2D eigenvalue weighted by molar-refractivity contribution is -0.196. The van der Waals surface area contributed by atoms with Crippen LogP contribution in [0.1, 0.15) is 12.5 Å². The predicted octanol–water partition coefficient (Wildman–Crippen LogP) is 0.258. The molecule has 0 saturated carbocycles. The van der Waals surface area contributed by atoms with Crippen LogP contribution < -0.4 is 4.74 Å². The number of hydrogen-bond donors (Lipinski definition) is 2. The van der Waals surface area contributed by atoms with Gasteiger partial charge in [-0.3, -0.25) is 4.79 Å². The molecule has 1 heterocycles. The highest BCUT2D eigenvalue weighted by molar-refractivity contribution is 5.92. The lowest BCUT2D eigenvalue weighted by Gasteiger charge is -2.40. The molecular weight excluding hydrogens is 290 g/mol. The van der Waals surface area contributed by atoms with Crippen molar-refractivity contribution in [2.45, 2.75) is 25.2 Å². The molecule has 1 saturated heterocycles. The number of ether oxygens (including phenoxy) is 2. The van der Waals surface area contributed by atoms with E-state index in [0.29, 0.717) is 18.8 Å². The smallest absolute Gasteiger partial charge is 0.336 e. The maximum atomic E-state index is 12.5. The molecule has 1 amide bonds. The lowest BCUT2D eigenvalue weighted by Crippen LogP contribution is -2.62. The van der Waals surface area contributed by atoms with Crippen molar-refractivity contribution in [1.29, 1.82) is 0 Å². The second kappa shape index (κ2) is 6.33. The Morgan fingerprint density at radius 1 is 1.45 bits per heavy atom. The van der Waals surface area contributed by atoms with Crippen molar-refractivity contribution in [1.82, 2.24) is 4.90 Å². The molecule has 2 rings (SSSR count). The minimum Gasteiger partial charge on any atom is -0.497 e. The van der Waals surface area contributed by atoms with Crippen molar-refractivity contribution in [2.24, 2.45) is 0 Å². The van der Waals surface area contributed by atoms with E-state index in [1.807, 2.05) is 12.1 Å². The third-order valence-electron chi connectivity index (χ3n) is 3.76. The van der Waals surface area contributed by atoms with Gasteiger partial charge >= 0.3 is 5.97 Å². The molecule has 1 fully saturated rings. The van der Waals surface area contributed by atoms with Crippen LogP contribution in [0.4, 0.5) is 0 Å². The summed E-state index contributed by atoms with van der Waals surface area (Å²) in [6, 6.07) is 7.22. The minimum absolute atomic E-state index is 0.169. The topological polar surface area (TPSA) is 96.3 Å². The van der Waals surface area contributed by atoms with Crippen LogP contribution in [0.25, 0.3) is 0 Å². The fraction of sp³-hybridized carbons (Fsp3) is 0.467. The highest BCUT2D eigenvalue weighted by atomic mass is 16.5. The molecule has 1 aliphatic heterocycles. The number of carbonyl (C=O) groups excluding carboxylic acids is 1. The molecule has 1 aromatic rings.